The zero-order chi connectivity index (χ0) is 21.1. The van der Waals surface area contributed by atoms with Crippen LogP contribution in [0.25, 0.3) is 11.0 Å². The van der Waals surface area contributed by atoms with E-state index in [9.17, 15) is 9.90 Å². The molecule has 0 aliphatic heterocycles. The van der Waals surface area contributed by atoms with Crippen LogP contribution in [0.5, 0.6) is 5.75 Å². The molecule has 4 aromatic rings. The molecular weight excluding hydrogens is 400 g/mol. The highest BCUT2D eigenvalue weighted by atomic mass is 32.2. The summed E-state index contributed by atoms with van der Waals surface area (Å²) < 4.78 is 11.1. The first-order valence-electron chi connectivity index (χ1n) is 9.82. The number of hydrogen-bond donors (Lipinski definition) is 1. The van der Waals surface area contributed by atoms with E-state index in [1.807, 2.05) is 31.2 Å². The molecule has 1 unspecified atom stereocenters. The number of phenolic OH excluding ortho intramolecular Hbond substituents is 1. The molecule has 30 heavy (non-hydrogen) atoms. The van der Waals surface area contributed by atoms with Crippen molar-refractivity contribution in [3.05, 3.63) is 81.5 Å². The minimum absolute atomic E-state index is 0.132. The molecule has 1 atom stereocenters. The van der Waals surface area contributed by atoms with Gasteiger partial charge in [0.15, 0.2) is 0 Å². The number of aromatic hydroxyl groups is 1. The highest BCUT2D eigenvalue weighted by molar-refractivity contribution is 7.98. The van der Waals surface area contributed by atoms with Crippen molar-refractivity contribution in [2.45, 2.75) is 43.6 Å². The lowest BCUT2D eigenvalue weighted by Crippen LogP contribution is -2.00. The normalized spacial score (nSPS) is 12.3. The standard InChI is InChI=1S/C23H22N2O4S/c1-3-15-10-18-17(11-22(27)28-20(18)12-19(15)26)13-30-23-25-24-21(29-23)9-14(2)16-7-5-4-6-8-16/h4-8,10-12,14,26H,3,9,13H2,1-2H3. The number of thioether (sulfide) groups is 1. The van der Waals surface area contributed by atoms with E-state index >= 15 is 0 Å². The average molecular weight is 423 g/mol. The Hall–Kier alpha value is -3.06. The minimum atomic E-state index is -0.454. The molecule has 0 aliphatic carbocycles. The van der Waals surface area contributed by atoms with Gasteiger partial charge in [0.05, 0.1) is 0 Å². The Kier molecular flexibility index (Phi) is 5.90. The van der Waals surface area contributed by atoms with E-state index in [4.69, 9.17) is 8.83 Å². The van der Waals surface area contributed by atoms with Crippen LogP contribution in [0.2, 0.25) is 0 Å². The fourth-order valence-corrected chi connectivity index (χ4v) is 4.16. The van der Waals surface area contributed by atoms with Crippen LogP contribution in [0, 0.1) is 0 Å². The van der Waals surface area contributed by atoms with Gasteiger partial charge in [-0.15, -0.1) is 10.2 Å². The lowest BCUT2D eigenvalue weighted by molar-refractivity contribution is 0.404. The SMILES string of the molecule is CCc1cc2c(CSc3nnc(CC(C)c4ccccc4)o3)cc(=O)oc2cc1O. The van der Waals surface area contributed by atoms with Crippen LogP contribution >= 0.6 is 11.8 Å². The van der Waals surface area contributed by atoms with Gasteiger partial charge in [-0.3, -0.25) is 0 Å². The van der Waals surface area contributed by atoms with Crippen LogP contribution < -0.4 is 5.63 Å². The molecule has 0 amide bonds. The second-order valence-electron chi connectivity index (χ2n) is 7.19. The van der Waals surface area contributed by atoms with Crippen LogP contribution in [-0.2, 0) is 18.6 Å². The molecule has 0 saturated heterocycles. The Bertz CT molecular complexity index is 1220. The van der Waals surface area contributed by atoms with E-state index in [1.165, 1.54) is 29.5 Å². The van der Waals surface area contributed by atoms with E-state index in [0.717, 1.165) is 16.5 Å². The van der Waals surface area contributed by atoms with E-state index in [2.05, 4.69) is 29.3 Å². The Balaban J connectivity index is 1.50. The summed E-state index contributed by atoms with van der Waals surface area (Å²) >= 11 is 1.38. The van der Waals surface area contributed by atoms with Crippen molar-refractivity contribution in [3.63, 3.8) is 0 Å². The molecule has 154 valence electrons. The third-order valence-corrected chi connectivity index (χ3v) is 5.93. The maximum absolute atomic E-state index is 11.9. The number of rotatable bonds is 7. The van der Waals surface area contributed by atoms with E-state index in [1.54, 1.807) is 0 Å². The first-order valence-corrected chi connectivity index (χ1v) is 10.8. The van der Waals surface area contributed by atoms with Crippen molar-refractivity contribution < 1.29 is 13.9 Å². The molecule has 4 rings (SSSR count). The number of hydrogen-bond acceptors (Lipinski definition) is 7. The molecule has 2 aromatic heterocycles. The summed E-state index contributed by atoms with van der Waals surface area (Å²) in [6, 6.07) is 15.0. The van der Waals surface area contributed by atoms with Crippen LogP contribution in [0.4, 0.5) is 0 Å². The van der Waals surface area contributed by atoms with Crippen LogP contribution in [0.3, 0.4) is 0 Å². The maximum Gasteiger partial charge on any atom is 0.336 e. The van der Waals surface area contributed by atoms with Crippen LogP contribution in [0.15, 0.2) is 67.4 Å². The van der Waals surface area contributed by atoms with Crippen molar-refractivity contribution in [3.8, 4) is 5.75 Å². The number of aryl methyl sites for hydroxylation is 1. The van der Waals surface area contributed by atoms with Gasteiger partial charge in [0, 0.05) is 29.7 Å². The van der Waals surface area contributed by atoms with E-state index < -0.39 is 5.63 Å². The molecule has 0 saturated carbocycles. The second-order valence-corrected chi connectivity index (χ2v) is 8.11. The summed E-state index contributed by atoms with van der Waals surface area (Å²) in [4.78, 5) is 11.9. The Labute approximate surface area is 178 Å². The predicted molar refractivity (Wildman–Crippen MR) is 116 cm³/mol. The fraction of sp³-hybridized carbons (Fsp3) is 0.261. The Morgan fingerprint density at radius 3 is 2.63 bits per heavy atom. The summed E-state index contributed by atoms with van der Waals surface area (Å²) in [6.45, 7) is 4.09. The second kappa shape index (κ2) is 8.75. The molecule has 0 aliphatic rings. The number of benzene rings is 2. The molecular formula is C23H22N2O4S. The van der Waals surface area contributed by atoms with Gasteiger partial charge in [0.1, 0.15) is 11.3 Å². The first-order chi connectivity index (χ1) is 14.5. The summed E-state index contributed by atoms with van der Waals surface area (Å²) in [5.74, 6) is 1.47. The third-order valence-electron chi connectivity index (χ3n) is 5.06. The molecule has 6 nitrogen and oxygen atoms in total. The van der Waals surface area contributed by atoms with Crippen LogP contribution in [-0.4, -0.2) is 15.3 Å². The first kappa shape index (κ1) is 20.2. The quantitative estimate of drug-likeness (QED) is 0.328. The largest absolute Gasteiger partial charge is 0.508 e. The van der Waals surface area contributed by atoms with Gasteiger partial charge >= 0.3 is 5.63 Å². The lowest BCUT2D eigenvalue weighted by atomic mass is 9.98. The summed E-state index contributed by atoms with van der Waals surface area (Å²) in [6.07, 6.45) is 1.34. The van der Waals surface area contributed by atoms with Gasteiger partial charge in [0.25, 0.3) is 5.22 Å². The molecule has 0 fully saturated rings. The monoisotopic (exact) mass is 422 g/mol. The van der Waals surface area contributed by atoms with E-state index in [0.29, 0.717) is 35.3 Å². The average Bonchev–Trinajstić information content (AvgIpc) is 3.19. The van der Waals surface area contributed by atoms with Gasteiger partial charge in [0.2, 0.25) is 5.89 Å². The van der Waals surface area contributed by atoms with Gasteiger partial charge in [-0.1, -0.05) is 55.9 Å². The maximum atomic E-state index is 11.9. The molecule has 0 bridgehead atoms. The third kappa shape index (κ3) is 4.41. The number of fused-ring (bicyclic) bond motifs is 1. The van der Waals surface area contributed by atoms with Gasteiger partial charge < -0.3 is 13.9 Å². The smallest absolute Gasteiger partial charge is 0.336 e. The molecule has 2 heterocycles. The summed E-state index contributed by atoms with van der Waals surface area (Å²) in [5, 5.41) is 19.6. The molecule has 1 N–H and O–H groups in total. The van der Waals surface area contributed by atoms with Crippen molar-refractivity contribution in [2.24, 2.45) is 0 Å². The molecule has 0 radical (unpaired) electrons. The van der Waals surface area contributed by atoms with Gasteiger partial charge in [-0.2, -0.15) is 0 Å². The van der Waals surface area contributed by atoms with Crippen LogP contribution in [0.1, 0.15) is 42.3 Å². The highest BCUT2D eigenvalue weighted by Gasteiger charge is 2.15. The predicted octanol–water partition coefficient (Wildman–Crippen LogP) is 5.08. The summed E-state index contributed by atoms with van der Waals surface area (Å²) in [5.41, 5.74) is 2.75. The number of aromatic nitrogens is 2. The highest BCUT2D eigenvalue weighted by Crippen LogP contribution is 2.30. The van der Waals surface area contributed by atoms with Crippen molar-refractivity contribution >= 4 is 22.7 Å². The summed E-state index contributed by atoms with van der Waals surface area (Å²) in [7, 11) is 0. The fourth-order valence-electron chi connectivity index (χ4n) is 3.39. The number of nitrogens with zero attached hydrogens (tertiary/aromatic N) is 2. The Morgan fingerprint density at radius 1 is 1.07 bits per heavy atom. The number of phenols is 1. The zero-order valence-electron chi connectivity index (χ0n) is 16.8. The zero-order valence-corrected chi connectivity index (χ0v) is 17.6. The molecule has 7 heteroatoms. The van der Waals surface area contributed by atoms with Crippen molar-refractivity contribution in [1.82, 2.24) is 10.2 Å². The lowest BCUT2D eigenvalue weighted by Gasteiger charge is -2.08. The van der Waals surface area contributed by atoms with Crippen molar-refractivity contribution in [1.29, 1.82) is 0 Å². The van der Waals surface area contributed by atoms with Gasteiger partial charge in [-0.05, 0) is 35.1 Å². The molecule has 0 spiro atoms. The van der Waals surface area contributed by atoms with E-state index in [-0.39, 0.29) is 11.7 Å². The minimum Gasteiger partial charge on any atom is -0.508 e. The van der Waals surface area contributed by atoms with Crippen molar-refractivity contribution in [2.75, 3.05) is 0 Å². The Morgan fingerprint density at radius 2 is 1.87 bits per heavy atom. The topological polar surface area (TPSA) is 89.4 Å². The molecule has 2 aromatic carbocycles. The van der Waals surface area contributed by atoms with Gasteiger partial charge in [-0.25, -0.2) is 4.79 Å².